The largest absolute Gasteiger partial charge is 0.497 e. The molecule has 2 heterocycles. The van der Waals surface area contributed by atoms with Crippen LogP contribution in [-0.4, -0.2) is 43.3 Å². The quantitative estimate of drug-likeness (QED) is 0.519. The fourth-order valence-corrected chi connectivity index (χ4v) is 3.82. The van der Waals surface area contributed by atoms with Crippen molar-refractivity contribution in [2.45, 2.75) is 19.4 Å². The maximum absolute atomic E-state index is 12.4. The van der Waals surface area contributed by atoms with Gasteiger partial charge in [0.2, 0.25) is 0 Å². The molecule has 1 aliphatic heterocycles. The lowest BCUT2D eigenvalue weighted by Gasteiger charge is -2.19. The zero-order valence-corrected chi connectivity index (χ0v) is 17.8. The fourth-order valence-electron chi connectivity index (χ4n) is 3.82. The summed E-state index contributed by atoms with van der Waals surface area (Å²) in [5.41, 5.74) is 5.17. The van der Waals surface area contributed by atoms with Gasteiger partial charge in [0.25, 0.3) is 0 Å². The average Bonchev–Trinajstić information content (AvgIpc) is 3.44. The highest BCUT2D eigenvalue weighted by Gasteiger charge is 2.20. The number of fused-ring (bicyclic) bond motifs is 1. The smallest absolute Gasteiger partial charge is 0.319 e. The maximum Gasteiger partial charge on any atom is 0.319 e. The second-order valence-electron chi connectivity index (χ2n) is 7.38. The van der Waals surface area contributed by atoms with Gasteiger partial charge in [0, 0.05) is 30.7 Å². The third-order valence-electron chi connectivity index (χ3n) is 5.41. The van der Waals surface area contributed by atoms with Gasteiger partial charge in [-0.3, -0.25) is 0 Å². The molecule has 0 saturated heterocycles. The third kappa shape index (κ3) is 4.91. The lowest BCUT2D eigenvalue weighted by molar-refractivity contribution is 0.252. The van der Waals surface area contributed by atoms with E-state index in [1.165, 1.54) is 5.56 Å². The number of rotatable bonds is 8. The minimum absolute atomic E-state index is 0.237. The molecule has 31 heavy (non-hydrogen) atoms. The van der Waals surface area contributed by atoms with E-state index in [4.69, 9.17) is 9.47 Å². The summed E-state index contributed by atoms with van der Waals surface area (Å²) in [5.74, 6) is 1.54. The number of methoxy groups -OCH3 is 2. The van der Waals surface area contributed by atoms with Crippen molar-refractivity contribution in [2.24, 2.45) is 0 Å². The summed E-state index contributed by atoms with van der Waals surface area (Å²) in [6.45, 7) is 2.17. The highest BCUT2D eigenvalue weighted by Crippen LogP contribution is 2.31. The minimum atomic E-state index is -0.237. The topological polar surface area (TPSA) is 91.5 Å². The number of carbonyl (C=O) groups excluding carboxylic acids is 1. The van der Waals surface area contributed by atoms with Crippen LogP contribution in [0.3, 0.4) is 0 Å². The van der Waals surface area contributed by atoms with E-state index in [2.05, 4.69) is 31.6 Å². The molecule has 2 aromatic carbocycles. The van der Waals surface area contributed by atoms with Crippen LogP contribution < -0.4 is 25.0 Å². The molecule has 0 aliphatic carbocycles. The Bertz CT molecular complexity index is 1040. The second kappa shape index (κ2) is 9.42. The van der Waals surface area contributed by atoms with E-state index in [-0.39, 0.29) is 6.03 Å². The molecule has 4 rings (SSSR count). The van der Waals surface area contributed by atoms with Crippen molar-refractivity contribution in [2.75, 3.05) is 37.5 Å². The number of hydrogen-bond donors (Lipinski definition) is 3. The van der Waals surface area contributed by atoms with Crippen LogP contribution in [0.4, 0.5) is 16.2 Å². The molecule has 8 nitrogen and oxygen atoms in total. The molecule has 0 bridgehead atoms. The highest BCUT2D eigenvalue weighted by molar-refractivity contribution is 5.90. The van der Waals surface area contributed by atoms with E-state index in [9.17, 15) is 4.79 Å². The number of benzene rings is 2. The number of nitrogens with zero attached hydrogens (tertiary/aromatic N) is 2. The first-order valence-electron chi connectivity index (χ1n) is 10.3. The van der Waals surface area contributed by atoms with E-state index in [1.807, 2.05) is 36.5 Å². The molecule has 0 fully saturated rings. The van der Waals surface area contributed by atoms with Gasteiger partial charge in [0.05, 0.1) is 32.8 Å². The Kier molecular flexibility index (Phi) is 6.26. The van der Waals surface area contributed by atoms with Gasteiger partial charge in [0.15, 0.2) is 0 Å². The van der Waals surface area contributed by atoms with Gasteiger partial charge in [-0.2, -0.15) is 0 Å². The van der Waals surface area contributed by atoms with Crippen LogP contribution in [0.25, 0.3) is 0 Å². The van der Waals surface area contributed by atoms with Crippen LogP contribution in [-0.2, 0) is 19.4 Å². The Morgan fingerprint density at radius 3 is 2.87 bits per heavy atom. The normalized spacial score (nSPS) is 12.4. The first-order chi connectivity index (χ1) is 15.2. The van der Waals surface area contributed by atoms with Crippen LogP contribution in [0.1, 0.15) is 16.8 Å². The van der Waals surface area contributed by atoms with Crippen LogP contribution in [0.2, 0.25) is 0 Å². The Hall–Kier alpha value is -3.68. The molecule has 3 N–H and O–H groups in total. The van der Waals surface area contributed by atoms with Gasteiger partial charge in [-0.25, -0.2) is 9.78 Å². The molecule has 0 atom stereocenters. The Balaban J connectivity index is 1.33. The van der Waals surface area contributed by atoms with E-state index >= 15 is 0 Å². The molecule has 0 radical (unpaired) electrons. The van der Waals surface area contributed by atoms with Crippen molar-refractivity contribution in [3.05, 3.63) is 65.7 Å². The van der Waals surface area contributed by atoms with Crippen molar-refractivity contribution in [3.63, 3.8) is 0 Å². The van der Waals surface area contributed by atoms with E-state index < -0.39 is 0 Å². The van der Waals surface area contributed by atoms with Gasteiger partial charge in [-0.15, -0.1) is 0 Å². The number of nitrogens with one attached hydrogen (secondary N) is 3. The van der Waals surface area contributed by atoms with Crippen molar-refractivity contribution in [1.29, 1.82) is 0 Å². The highest BCUT2D eigenvalue weighted by atomic mass is 16.5. The molecular weight excluding hydrogens is 394 g/mol. The number of urea groups is 1. The van der Waals surface area contributed by atoms with E-state index in [0.717, 1.165) is 53.6 Å². The number of amides is 2. The van der Waals surface area contributed by atoms with Gasteiger partial charge >= 0.3 is 6.03 Å². The first-order valence-corrected chi connectivity index (χ1v) is 10.3. The van der Waals surface area contributed by atoms with Gasteiger partial charge in [-0.05, 0) is 54.3 Å². The standard InChI is InChI=1S/C23H27N5O3/c1-30-20-5-6-22(31-2)17(11-20)7-9-25-23(29)27-18-4-3-16-8-10-28(21(16)12-18)14-19-13-24-15-26-19/h3-6,11-13,15H,7-10,14H2,1-2H3,(H,24,26)(H2,25,27,29). The third-order valence-corrected chi connectivity index (χ3v) is 5.41. The molecule has 0 unspecified atom stereocenters. The summed E-state index contributed by atoms with van der Waals surface area (Å²) in [7, 11) is 3.26. The Morgan fingerprint density at radius 1 is 1.19 bits per heavy atom. The van der Waals surface area contributed by atoms with Crippen molar-refractivity contribution >= 4 is 17.4 Å². The summed E-state index contributed by atoms with van der Waals surface area (Å²) in [6.07, 6.45) is 5.23. The molecule has 0 saturated carbocycles. The Morgan fingerprint density at radius 2 is 2.10 bits per heavy atom. The predicted molar refractivity (Wildman–Crippen MR) is 120 cm³/mol. The number of ether oxygens (including phenoxy) is 2. The molecular formula is C23H27N5O3. The molecule has 162 valence electrons. The zero-order chi connectivity index (χ0) is 21.6. The van der Waals surface area contributed by atoms with Crippen molar-refractivity contribution in [1.82, 2.24) is 15.3 Å². The fraction of sp³-hybridized carbons (Fsp3) is 0.304. The Labute approximate surface area is 181 Å². The van der Waals surface area contributed by atoms with Crippen LogP contribution >= 0.6 is 0 Å². The summed E-state index contributed by atoms with van der Waals surface area (Å²) in [5, 5.41) is 5.84. The number of imidazole rings is 1. The van der Waals surface area contributed by atoms with E-state index in [0.29, 0.717) is 13.0 Å². The van der Waals surface area contributed by atoms with E-state index in [1.54, 1.807) is 20.5 Å². The number of H-pyrrole nitrogens is 1. The second-order valence-corrected chi connectivity index (χ2v) is 7.38. The lowest BCUT2D eigenvalue weighted by atomic mass is 10.1. The summed E-state index contributed by atoms with van der Waals surface area (Å²) in [6, 6.07) is 11.5. The summed E-state index contributed by atoms with van der Waals surface area (Å²) < 4.78 is 10.7. The molecule has 2 amide bonds. The molecule has 8 heteroatoms. The number of aromatic nitrogens is 2. The number of anilines is 2. The number of aromatic amines is 1. The lowest BCUT2D eigenvalue weighted by Crippen LogP contribution is -2.30. The van der Waals surface area contributed by atoms with Crippen LogP contribution in [0, 0.1) is 0 Å². The molecule has 1 aliphatic rings. The monoisotopic (exact) mass is 421 g/mol. The molecule has 3 aromatic rings. The zero-order valence-electron chi connectivity index (χ0n) is 17.8. The maximum atomic E-state index is 12.4. The molecule has 1 aromatic heterocycles. The minimum Gasteiger partial charge on any atom is -0.497 e. The summed E-state index contributed by atoms with van der Waals surface area (Å²) in [4.78, 5) is 22.0. The molecule has 0 spiro atoms. The van der Waals surface area contributed by atoms with Gasteiger partial charge in [-0.1, -0.05) is 6.07 Å². The SMILES string of the molecule is COc1ccc(OC)c(CCNC(=O)Nc2ccc3c(c2)N(Cc2c[nH]cn2)CC3)c1. The van der Waals surface area contributed by atoms with Gasteiger partial charge in [0.1, 0.15) is 11.5 Å². The number of hydrogen-bond acceptors (Lipinski definition) is 5. The van der Waals surface area contributed by atoms with Crippen LogP contribution in [0.5, 0.6) is 11.5 Å². The average molecular weight is 422 g/mol. The van der Waals surface area contributed by atoms with Crippen LogP contribution in [0.15, 0.2) is 48.9 Å². The van der Waals surface area contributed by atoms with Crippen molar-refractivity contribution < 1.29 is 14.3 Å². The summed E-state index contributed by atoms with van der Waals surface area (Å²) >= 11 is 0. The van der Waals surface area contributed by atoms with Gasteiger partial charge < -0.3 is 30.0 Å². The number of carbonyl (C=O) groups is 1. The first kappa shape index (κ1) is 20.6. The predicted octanol–water partition coefficient (Wildman–Crippen LogP) is 3.35. The van der Waals surface area contributed by atoms with Crippen molar-refractivity contribution in [3.8, 4) is 11.5 Å².